The van der Waals surface area contributed by atoms with Crippen LogP contribution in [-0.2, 0) is 14.3 Å². The Morgan fingerprint density at radius 2 is 2.24 bits per heavy atom. The van der Waals surface area contributed by atoms with E-state index < -0.39 is 0 Å². The summed E-state index contributed by atoms with van der Waals surface area (Å²) in [4.78, 5) is 25.6. The maximum Gasteiger partial charge on any atom is 0.239 e. The Hall–Kier alpha value is -0.850. The number of hydrogen-bond donors (Lipinski definition) is 2. The van der Waals surface area contributed by atoms with Gasteiger partial charge in [-0.15, -0.1) is 12.4 Å². The highest BCUT2D eigenvalue weighted by atomic mass is 35.5. The van der Waals surface area contributed by atoms with Gasteiger partial charge in [-0.1, -0.05) is 6.42 Å². The maximum absolute atomic E-state index is 11.8. The van der Waals surface area contributed by atoms with Crippen molar-refractivity contribution in [3.8, 4) is 0 Å². The van der Waals surface area contributed by atoms with Crippen LogP contribution in [0.25, 0.3) is 0 Å². The first-order valence-corrected chi connectivity index (χ1v) is 7.64. The van der Waals surface area contributed by atoms with Crippen molar-refractivity contribution in [1.82, 2.24) is 15.5 Å². The lowest BCUT2D eigenvalue weighted by molar-refractivity contribution is -0.130. The van der Waals surface area contributed by atoms with Gasteiger partial charge in [-0.05, 0) is 19.3 Å². The number of likely N-dealkylation sites (tertiary alicyclic amines) is 1. The monoisotopic (exact) mass is 319 g/mol. The van der Waals surface area contributed by atoms with Gasteiger partial charge in [0.2, 0.25) is 11.8 Å². The lowest BCUT2D eigenvalue weighted by Crippen LogP contribution is -2.51. The molecule has 0 saturated carbocycles. The van der Waals surface area contributed by atoms with Crippen molar-refractivity contribution in [2.75, 3.05) is 39.4 Å². The van der Waals surface area contributed by atoms with E-state index >= 15 is 0 Å². The van der Waals surface area contributed by atoms with E-state index in [1.807, 2.05) is 4.90 Å². The van der Waals surface area contributed by atoms with Gasteiger partial charge in [0.05, 0.1) is 13.2 Å². The standard InChI is InChI=1S/C14H25N3O3.ClH/c18-13-5-2-1-3-8-17(13)9-4-6-16-14(19)12-11-20-10-7-15-12;/h12,15H,1-11H2,(H,16,19);1H. The van der Waals surface area contributed by atoms with Crippen LogP contribution in [0.2, 0.25) is 0 Å². The first-order valence-electron chi connectivity index (χ1n) is 7.64. The van der Waals surface area contributed by atoms with Crippen molar-refractivity contribution in [2.24, 2.45) is 0 Å². The van der Waals surface area contributed by atoms with Gasteiger partial charge in [-0.25, -0.2) is 0 Å². The van der Waals surface area contributed by atoms with E-state index in [0.29, 0.717) is 26.2 Å². The predicted molar refractivity (Wildman–Crippen MR) is 82.5 cm³/mol. The summed E-state index contributed by atoms with van der Waals surface area (Å²) in [5, 5.41) is 6.03. The molecule has 2 aliphatic rings. The Bertz CT molecular complexity index is 335. The number of ether oxygens (including phenoxy) is 1. The molecule has 7 heteroatoms. The van der Waals surface area contributed by atoms with Crippen LogP contribution in [0.4, 0.5) is 0 Å². The summed E-state index contributed by atoms with van der Waals surface area (Å²) in [7, 11) is 0. The normalized spacial score (nSPS) is 23.1. The summed E-state index contributed by atoms with van der Waals surface area (Å²) in [5.41, 5.74) is 0. The lowest BCUT2D eigenvalue weighted by Gasteiger charge is -2.23. The first kappa shape index (κ1) is 18.2. The molecule has 0 aromatic rings. The highest BCUT2D eigenvalue weighted by Gasteiger charge is 2.21. The van der Waals surface area contributed by atoms with Crippen LogP contribution in [0, 0.1) is 0 Å². The molecule has 0 aliphatic carbocycles. The fourth-order valence-electron chi connectivity index (χ4n) is 2.61. The smallest absolute Gasteiger partial charge is 0.239 e. The minimum absolute atomic E-state index is 0. The van der Waals surface area contributed by atoms with E-state index in [1.165, 1.54) is 0 Å². The summed E-state index contributed by atoms with van der Waals surface area (Å²) < 4.78 is 5.26. The van der Waals surface area contributed by atoms with E-state index in [0.717, 1.165) is 45.3 Å². The third-order valence-corrected chi connectivity index (χ3v) is 3.81. The molecule has 2 rings (SSSR count). The molecule has 6 nitrogen and oxygen atoms in total. The fraction of sp³-hybridized carbons (Fsp3) is 0.857. The zero-order valence-electron chi connectivity index (χ0n) is 12.4. The van der Waals surface area contributed by atoms with Crippen molar-refractivity contribution >= 4 is 24.2 Å². The number of halogens is 1. The molecule has 21 heavy (non-hydrogen) atoms. The van der Waals surface area contributed by atoms with E-state index in [-0.39, 0.29) is 30.3 Å². The van der Waals surface area contributed by atoms with Gasteiger partial charge >= 0.3 is 0 Å². The minimum Gasteiger partial charge on any atom is -0.378 e. The maximum atomic E-state index is 11.8. The van der Waals surface area contributed by atoms with Crippen molar-refractivity contribution < 1.29 is 14.3 Å². The summed E-state index contributed by atoms with van der Waals surface area (Å²) in [5.74, 6) is 0.253. The highest BCUT2D eigenvalue weighted by molar-refractivity contribution is 5.85. The summed E-state index contributed by atoms with van der Waals surface area (Å²) >= 11 is 0. The zero-order chi connectivity index (χ0) is 14.2. The van der Waals surface area contributed by atoms with Crippen molar-refractivity contribution in [1.29, 1.82) is 0 Å². The third kappa shape index (κ3) is 6.20. The average Bonchev–Trinajstić information content (AvgIpc) is 2.69. The molecule has 122 valence electrons. The average molecular weight is 320 g/mol. The number of amides is 2. The largest absolute Gasteiger partial charge is 0.378 e. The molecular formula is C14H26ClN3O3. The van der Waals surface area contributed by atoms with Gasteiger partial charge in [0, 0.05) is 32.6 Å². The number of carbonyl (C=O) groups excluding carboxylic acids is 2. The second-order valence-electron chi connectivity index (χ2n) is 5.42. The van der Waals surface area contributed by atoms with Gasteiger partial charge in [0.15, 0.2) is 0 Å². The zero-order valence-corrected chi connectivity index (χ0v) is 13.3. The lowest BCUT2D eigenvalue weighted by atomic mass is 10.2. The predicted octanol–water partition coefficient (Wildman–Crippen LogP) is 0.306. The quantitative estimate of drug-likeness (QED) is 0.715. The SMILES string of the molecule is Cl.O=C(NCCCN1CCCCCC1=O)C1COCCN1. The Morgan fingerprint density at radius 1 is 1.38 bits per heavy atom. The number of nitrogens with one attached hydrogen (secondary N) is 2. The molecule has 0 spiro atoms. The molecule has 0 aromatic heterocycles. The number of hydrogen-bond acceptors (Lipinski definition) is 4. The fourth-order valence-corrected chi connectivity index (χ4v) is 2.61. The molecule has 1 atom stereocenters. The topological polar surface area (TPSA) is 70.7 Å². The Morgan fingerprint density at radius 3 is 3.00 bits per heavy atom. The second kappa shape index (κ2) is 9.97. The molecule has 1 unspecified atom stereocenters. The van der Waals surface area contributed by atoms with Gasteiger partial charge in [-0.3, -0.25) is 9.59 Å². The molecule has 2 amide bonds. The van der Waals surface area contributed by atoms with E-state index in [1.54, 1.807) is 0 Å². The summed E-state index contributed by atoms with van der Waals surface area (Å²) in [6.45, 7) is 4.05. The molecule has 2 fully saturated rings. The van der Waals surface area contributed by atoms with E-state index in [9.17, 15) is 9.59 Å². The summed E-state index contributed by atoms with van der Waals surface area (Å²) in [6, 6.07) is -0.233. The van der Waals surface area contributed by atoms with E-state index in [4.69, 9.17) is 4.74 Å². The van der Waals surface area contributed by atoms with Crippen LogP contribution >= 0.6 is 12.4 Å². The third-order valence-electron chi connectivity index (χ3n) is 3.81. The van der Waals surface area contributed by atoms with Crippen LogP contribution in [-0.4, -0.2) is 62.1 Å². The number of carbonyl (C=O) groups is 2. The van der Waals surface area contributed by atoms with Crippen LogP contribution in [0.5, 0.6) is 0 Å². The second-order valence-corrected chi connectivity index (χ2v) is 5.42. The Labute approximate surface area is 132 Å². The summed E-state index contributed by atoms with van der Waals surface area (Å²) in [6.07, 6.45) is 4.74. The highest BCUT2D eigenvalue weighted by Crippen LogP contribution is 2.11. The van der Waals surface area contributed by atoms with Gasteiger partial charge < -0.3 is 20.3 Å². The number of rotatable bonds is 5. The van der Waals surface area contributed by atoms with Crippen molar-refractivity contribution in [3.05, 3.63) is 0 Å². The molecule has 2 heterocycles. The van der Waals surface area contributed by atoms with Crippen LogP contribution in [0.1, 0.15) is 32.1 Å². The van der Waals surface area contributed by atoms with Crippen molar-refractivity contribution in [2.45, 2.75) is 38.1 Å². The number of morpholine rings is 1. The molecule has 0 bridgehead atoms. The van der Waals surface area contributed by atoms with Crippen LogP contribution in [0.15, 0.2) is 0 Å². The minimum atomic E-state index is -0.233. The number of nitrogens with zero attached hydrogens (tertiary/aromatic N) is 1. The van der Waals surface area contributed by atoms with Crippen LogP contribution in [0.3, 0.4) is 0 Å². The first-order chi connectivity index (χ1) is 9.77. The molecular weight excluding hydrogens is 294 g/mol. The van der Waals surface area contributed by atoms with Gasteiger partial charge in [0.1, 0.15) is 6.04 Å². The van der Waals surface area contributed by atoms with Gasteiger partial charge in [-0.2, -0.15) is 0 Å². The molecule has 2 aliphatic heterocycles. The Balaban J connectivity index is 0.00000220. The molecule has 0 radical (unpaired) electrons. The Kier molecular flexibility index (Phi) is 8.64. The molecule has 2 saturated heterocycles. The molecule has 2 N–H and O–H groups in total. The van der Waals surface area contributed by atoms with Crippen molar-refractivity contribution in [3.63, 3.8) is 0 Å². The van der Waals surface area contributed by atoms with Gasteiger partial charge in [0.25, 0.3) is 0 Å². The van der Waals surface area contributed by atoms with Crippen LogP contribution < -0.4 is 10.6 Å². The van der Waals surface area contributed by atoms with E-state index in [2.05, 4.69) is 10.6 Å². The molecule has 0 aromatic carbocycles.